The van der Waals surface area contributed by atoms with E-state index in [-0.39, 0.29) is 42.3 Å². The highest BCUT2D eigenvalue weighted by molar-refractivity contribution is 8.02. The number of esters is 1. The number of aliphatic hydroxyl groups excluding tert-OH is 1. The van der Waals surface area contributed by atoms with E-state index in [9.17, 15) is 19.5 Å². The van der Waals surface area contributed by atoms with Gasteiger partial charge in [-0.05, 0) is 40.0 Å². The summed E-state index contributed by atoms with van der Waals surface area (Å²) < 4.78 is 4.68. The number of likely N-dealkylation sites (tertiary alicyclic amines) is 1. The van der Waals surface area contributed by atoms with Crippen molar-refractivity contribution < 1.29 is 24.2 Å². The minimum Gasteiger partial charge on any atom is -0.466 e. The normalized spacial score (nSPS) is 35.1. The molecule has 3 rings (SSSR count). The predicted molar refractivity (Wildman–Crippen MR) is 97.4 cm³/mol. The Morgan fingerprint density at radius 3 is 2.81 bits per heavy atom. The van der Waals surface area contributed by atoms with Gasteiger partial charge in [-0.25, -0.2) is 0 Å². The molecule has 3 aliphatic heterocycles. The Morgan fingerprint density at radius 1 is 1.46 bits per heavy atom. The third kappa shape index (κ3) is 2.91. The Bertz CT molecular complexity index is 598. The summed E-state index contributed by atoms with van der Waals surface area (Å²) in [7, 11) is 0. The minimum atomic E-state index is -0.594. The van der Waals surface area contributed by atoms with Crippen molar-refractivity contribution in [2.75, 3.05) is 19.8 Å². The maximum Gasteiger partial charge on any atom is 0.310 e. The van der Waals surface area contributed by atoms with Gasteiger partial charge in [-0.1, -0.05) is 0 Å². The number of hydrogen-bond donors (Lipinski definition) is 2. The van der Waals surface area contributed by atoms with Crippen LogP contribution in [0.4, 0.5) is 0 Å². The molecule has 0 saturated carbocycles. The molecule has 2 amide bonds. The fourth-order valence-corrected chi connectivity index (χ4v) is 7.01. The number of thioether (sulfide) groups is 1. The van der Waals surface area contributed by atoms with Crippen LogP contribution in [0.25, 0.3) is 0 Å². The van der Waals surface area contributed by atoms with E-state index in [0.717, 1.165) is 12.8 Å². The lowest BCUT2D eigenvalue weighted by Crippen LogP contribution is -2.54. The summed E-state index contributed by atoms with van der Waals surface area (Å²) in [6.45, 7) is 6.11. The molecule has 0 aromatic heterocycles. The zero-order valence-electron chi connectivity index (χ0n) is 15.6. The van der Waals surface area contributed by atoms with Crippen LogP contribution in [0.15, 0.2) is 0 Å². The molecule has 8 heteroatoms. The molecule has 0 aromatic carbocycles. The van der Waals surface area contributed by atoms with Gasteiger partial charge in [0.1, 0.15) is 6.04 Å². The van der Waals surface area contributed by atoms with E-state index < -0.39 is 22.6 Å². The molecule has 26 heavy (non-hydrogen) atoms. The highest BCUT2D eigenvalue weighted by Gasteiger charge is 2.73. The quantitative estimate of drug-likeness (QED) is 0.623. The molecule has 2 bridgehead atoms. The van der Waals surface area contributed by atoms with Crippen molar-refractivity contribution in [2.45, 2.75) is 62.1 Å². The van der Waals surface area contributed by atoms with Gasteiger partial charge < -0.3 is 20.1 Å². The Kier molecular flexibility index (Phi) is 5.53. The maximum atomic E-state index is 13.2. The number of amides is 2. The Hall–Kier alpha value is -1.28. The Labute approximate surface area is 158 Å². The maximum absolute atomic E-state index is 13.2. The van der Waals surface area contributed by atoms with Gasteiger partial charge in [-0.2, -0.15) is 0 Å². The van der Waals surface area contributed by atoms with Crippen LogP contribution >= 0.6 is 11.8 Å². The van der Waals surface area contributed by atoms with Crippen LogP contribution < -0.4 is 5.32 Å². The number of carbonyl (C=O) groups is 3. The highest BCUT2D eigenvalue weighted by Crippen LogP contribution is 2.66. The van der Waals surface area contributed by atoms with Crippen LogP contribution in [0.2, 0.25) is 0 Å². The number of carbonyl (C=O) groups excluding carboxylic acids is 3. The van der Waals surface area contributed by atoms with Crippen molar-refractivity contribution in [3.8, 4) is 0 Å². The van der Waals surface area contributed by atoms with Crippen molar-refractivity contribution in [3.63, 3.8) is 0 Å². The van der Waals surface area contributed by atoms with Gasteiger partial charge >= 0.3 is 5.97 Å². The summed E-state index contributed by atoms with van der Waals surface area (Å²) in [4.78, 5) is 40.4. The van der Waals surface area contributed by atoms with E-state index in [1.54, 1.807) is 23.6 Å². The largest absolute Gasteiger partial charge is 0.466 e. The molecule has 2 unspecified atom stereocenters. The van der Waals surface area contributed by atoms with E-state index in [1.807, 2.05) is 13.8 Å². The van der Waals surface area contributed by atoms with Crippen LogP contribution in [-0.4, -0.2) is 69.6 Å². The number of fused-ring (bicyclic) bond motifs is 1. The van der Waals surface area contributed by atoms with Crippen LogP contribution in [0.1, 0.15) is 40.0 Å². The number of ether oxygens (including phenoxy) is 1. The van der Waals surface area contributed by atoms with E-state index in [1.165, 1.54) is 0 Å². The molecule has 7 nitrogen and oxygen atoms in total. The number of rotatable bonds is 7. The van der Waals surface area contributed by atoms with Crippen LogP contribution in [0.5, 0.6) is 0 Å². The smallest absolute Gasteiger partial charge is 0.310 e. The highest BCUT2D eigenvalue weighted by atomic mass is 32.2. The molecule has 0 aliphatic carbocycles. The standard InChI is InChI=1S/C18H28N2O5S/c1-4-25-17(24)12-11-6-7-18(26-11)13(12)16(23)20(8-5-9-21)14(18)15(22)19-10(2)3/h10-14,21H,4-9H2,1-3H3,(H,19,22)/t11-,12+,13-,14?,18?/m0/s1. The first-order valence-electron chi connectivity index (χ1n) is 9.43. The number of hydrogen-bond acceptors (Lipinski definition) is 6. The van der Waals surface area contributed by atoms with Gasteiger partial charge in [-0.3, -0.25) is 14.4 Å². The van der Waals surface area contributed by atoms with Crippen molar-refractivity contribution in [2.24, 2.45) is 11.8 Å². The average Bonchev–Trinajstić information content (AvgIpc) is 3.20. The van der Waals surface area contributed by atoms with Crippen molar-refractivity contribution in [1.29, 1.82) is 0 Å². The van der Waals surface area contributed by atoms with Gasteiger partial charge in [0, 0.05) is 24.4 Å². The zero-order chi connectivity index (χ0) is 19.1. The van der Waals surface area contributed by atoms with E-state index in [2.05, 4.69) is 5.32 Å². The van der Waals surface area contributed by atoms with Gasteiger partial charge in [-0.15, -0.1) is 11.8 Å². The summed E-state index contributed by atoms with van der Waals surface area (Å²) in [6, 6.07) is -0.624. The molecule has 146 valence electrons. The second kappa shape index (κ2) is 7.38. The zero-order valence-corrected chi connectivity index (χ0v) is 16.4. The number of nitrogens with zero attached hydrogens (tertiary/aromatic N) is 1. The molecule has 3 saturated heterocycles. The molecule has 5 atom stereocenters. The van der Waals surface area contributed by atoms with Crippen LogP contribution in [-0.2, 0) is 19.1 Å². The molecule has 0 radical (unpaired) electrons. The first-order valence-corrected chi connectivity index (χ1v) is 10.3. The van der Waals surface area contributed by atoms with Gasteiger partial charge in [0.15, 0.2) is 0 Å². The Morgan fingerprint density at radius 2 is 2.19 bits per heavy atom. The lowest BCUT2D eigenvalue weighted by atomic mass is 9.71. The predicted octanol–water partition coefficient (Wildman–Crippen LogP) is 0.548. The van der Waals surface area contributed by atoms with Crippen molar-refractivity contribution >= 4 is 29.5 Å². The number of nitrogens with one attached hydrogen (secondary N) is 1. The lowest BCUT2D eigenvalue weighted by molar-refractivity contribution is -0.153. The summed E-state index contributed by atoms with van der Waals surface area (Å²) in [6.07, 6.45) is 1.98. The summed E-state index contributed by atoms with van der Waals surface area (Å²) in [5.74, 6) is -1.61. The van der Waals surface area contributed by atoms with Gasteiger partial charge in [0.05, 0.1) is 23.2 Å². The van der Waals surface area contributed by atoms with Crippen molar-refractivity contribution in [1.82, 2.24) is 10.2 Å². The fraction of sp³-hybridized carbons (Fsp3) is 0.833. The number of aliphatic hydroxyl groups is 1. The molecule has 3 aliphatic rings. The summed E-state index contributed by atoms with van der Waals surface area (Å²) in [5.41, 5.74) is 0. The van der Waals surface area contributed by atoms with Crippen LogP contribution in [0, 0.1) is 11.8 Å². The van der Waals surface area contributed by atoms with Gasteiger partial charge in [0.2, 0.25) is 11.8 Å². The van der Waals surface area contributed by atoms with Crippen LogP contribution in [0.3, 0.4) is 0 Å². The summed E-state index contributed by atoms with van der Waals surface area (Å²) >= 11 is 1.63. The van der Waals surface area contributed by atoms with E-state index >= 15 is 0 Å². The first kappa shape index (κ1) is 19.5. The average molecular weight is 384 g/mol. The lowest BCUT2D eigenvalue weighted by Gasteiger charge is -2.34. The minimum absolute atomic E-state index is 0.0304. The second-order valence-corrected chi connectivity index (χ2v) is 9.18. The van der Waals surface area contributed by atoms with E-state index in [4.69, 9.17) is 4.74 Å². The monoisotopic (exact) mass is 384 g/mol. The molecule has 1 spiro atoms. The van der Waals surface area contributed by atoms with E-state index in [0.29, 0.717) is 13.0 Å². The third-order valence-electron chi connectivity index (χ3n) is 5.60. The van der Waals surface area contributed by atoms with Gasteiger partial charge in [0.25, 0.3) is 0 Å². The fourth-order valence-electron chi connectivity index (χ4n) is 4.80. The molecular formula is C18H28N2O5S. The first-order chi connectivity index (χ1) is 12.4. The molecule has 3 fully saturated rings. The third-order valence-corrected chi connectivity index (χ3v) is 7.55. The van der Waals surface area contributed by atoms with Crippen molar-refractivity contribution in [3.05, 3.63) is 0 Å². The Balaban J connectivity index is 1.96. The molecule has 2 N–H and O–H groups in total. The molecular weight excluding hydrogens is 356 g/mol. The second-order valence-electron chi connectivity index (χ2n) is 7.58. The SMILES string of the molecule is CCOC(=O)[C@@H]1[C@@H]2CCC3(S2)C(C(=O)NC(C)C)N(CCCO)C(=O)[C@H]13. The topological polar surface area (TPSA) is 95.9 Å². The molecule has 0 aromatic rings. The molecule has 3 heterocycles. The summed E-state index contributed by atoms with van der Waals surface area (Å²) in [5, 5.41) is 12.2.